The Bertz CT molecular complexity index is 814. The van der Waals surface area contributed by atoms with E-state index in [-0.39, 0.29) is 5.56 Å². The number of nitrogens with two attached hydrogens (primary N) is 1. The normalized spacial score (nSPS) is 10.4. The van der Waals surface area contributed by atoms with E-state index in [0.29, 0.717) is 10.8 Å². The number of thiazole rings is 1. The van der Waals surface area contributed by atoms with Gasteiger partial charge < -0.3 is 5.73 Å². The molecule has 0 unspecified atom stereocenters. The number of hydrogen-bond acceptors (Lipinski definition) is 4. The van der Waals surface area contributed by atoms with E-state index in [9.17, 15) is 9.18 Å². The number of benzene rings is 2. The van der Waals surface area contributed by atoms with E-state index < -0.39 is 11.7 Å². The Hall–Kier alpha value is -2.73. The molecule has 4 nitrogen and oxygen atoms in total. The zero-order chi connectivity index (χ0) is 15.5. The van der Waals surface area contributed by atoms with Crippen molar-refractivity contribution in [2.24, 2.45) is 0 Å². The van der Waals surface area contributed by atoms with E-state index in [0.717, 1.165) is 11.3 Å². The van der Waals surface area contributed by atoms with E-state index in [1.54, 1.807) is 18.2 Å². The molecule has 2 aromatic carbocycles. The Morgan fingerprint density at radius 1 is 1.14 bits per heavy atom. The first-order chi connectivity index (χ1) is 10.6. The second-order valence-corrected chi connectivity index (χ2v) is 5.45. The SMILES string of the molecule is Nc1ccc(-c2csc(NC(=O)c3ccccc3F)n2)cc1. The summed E-state index contributed by atoms with van der Waals surface area (Å²) in [5, 5.41) is 4.84. The fraction of sp³-hybridized carbons (Fsp3) is 0. The summed E-state index contributed by atoms with van der Waals surface area (Å²) in [5.74, 6) is -1.08. The molecule has 3 N–H and O–H groups in total. The van der Waals surface area contributed by atoms with E-state index >= 15 is 0 Å². The highest BCUT2D eigenvalue weighted by Gasteiger charge is 2.13. The van der Waals surface area contributed by atoms with Gasteiger partial charge in [-0.15, -0.1) is 11.3 Å². The number of carbonyl (C=O) groups excluding carboxylic acids is 1. The first kappa shape index (κ1) is 14.2. The van der Waals surface area contributed by atoms with Crippen LogP contribution in [0.25, 0.3) is 11.3 Å². The molecule has 0 spiro atoms. The molecule has 110 valence electrons. The molecule has 3 rings (SSSR count). The number of rotatable bonds is 3. The average molecular weight is 313 g/mol. The molecular formula is C16H12FN3OS. The van der Waals surface area contributed by atoms with Crippen LogP contribution in [0.1, 0.15) is 10.4 Å². The summed E-state index contributed by atoms with van der Waals surface area (Å²) in [6, 6.07) is 13.1. The van der Waals surface area contributed by atoms with Gasteiger partial charge in [-0.25, -0.2) is 9.37 Å². The molecule has 0 saturated carbocycles. The lowest BCUT2D eigenvalue weighted by Crippen LogP contribution is -2.13. The minimum atomic E-state index is -0.560. The van der Waals surface area contributed by atoms with E-state index in [1.165, 1.54) is 29.5 Å². The molecule has 1 aromatic heterocycles. The predicted octanol–water partition coefficient (Wildman–Crippen LogP) is 3.78. The van der Waals surface area contributed by atoms with Gasteiger partial charge in [-0.3, -0.25) is 10.1 Å². The van der Waals surface area contributed by atoms with Crippen molar-refractivity contribution in [1.82, 2.24) is 4.98 Å². The Morgan fingerprint density at radius 3 is 2.59 bits per heavy atom. The number of carbonyl (C=O) groups is 1. The molecule has 0 fully saturated rings. The van der Waals surface area contributed by atoms with Crippen LogP contribution in [0.5, 0.6) is 0 Å². The number of hydrogen-bond donors (Lipinski definition) is 2. The molecule has 0 bridgehead atoms. The van der Waals surface area contributed by atoms with Crippen LogP contribution < -0.4 is 11.1 Å². The van der Waals surface area contributed by atoms with Gasteiger partial charge in [-0.2, -0.15) is 0 Å². The Morgan fingerprint density at radius 2 is 1.86 bits per heavy atom. The van der Waals surface area contributed by atoms with Crippen LogP contribution in [0.15, 0.2) is 53.9 Å². The minimum Gasteiger partial charge on any atom is -0.399 e. The van der Waals surface area contributed by atoms with Crippen molar-refractivity contribution in [1.29, 1.82) is 0 Å². The van der Waals surface area contributed by atoms with Gasteiger partial charge >= 0.3 is 0 Å². The van der Waals surface area contributed by atoms with Crippen molar-refractivity contribution in [3.63, 3.8) is 0 Å². The number of aromatic nitrogens is 1. The highest BCUT2D eigenvalue weighted by molar-refractivity contribution is 7.14. The van der Waals surface area contributed by atoms with E-state index in [4.69, 9.17) is 5.73 Å². The molecule has 22 heavy (non-hydrogen) atoms. The zero-order valence-electron chi connectivity index (χ0n) is 11.4. The van der Waals surface area contributed by atoms with Gasteiger partial charge in [0.15, 0.2) is 5.13 Å². The highest BCUT2D eigenvalue weighted by Crippen LogP contribution is 2.26. The van der Waals surface area contributed by atoms with E-state index in [2.05, 4.69) is 10.3 Å². The van der Waals surface area contributed by atoms with Crippen LogP contribution in [0, 0.1) is 5.82 Å². The molecule has 0 aliphatic heterocycles. The van der Waals surface area contributed by atoms with Gasteiger partial charge in [0.05, 0.1) is 11.3 Å². The number of halogens is 1. The summed E-state index contributed by atoms with van der Waals surface area (Å²) in [6.07, 6.45) is 0. The molecule has 1 heterocycles. The van der Waals surface area contributed by atoms with Crippen molar-refractivity contribution in [3.05, 3.63) is 65.3 Å². The number of nitrogen functional groups attached to an aromatic ring is 1. The summed E-state index contributed by atoms with van der Waals surface area (Å²) in [7, 11) is 0. The number of anilines is 2. The van der Waals surface area contributed by atoms with Gasteiger partial charge in [0, 0.05) is 16.6 Å². The van der Waals surface area contributed by atoms with Crippen molar-refractivity contribution in [2.75, 3.05) is 11.1 Å². The third-order valence-corrected chi connectivity index (χ3v) is 3.81. The lowest BCUT2D eigenvalue weighted by atomic mass is 10.1. The predicted molar refractivity (Wildman–Crippen MR) is 86.3 cm³/mol. The third-order valence-electron chi connectivity index (χ3n) is 3.05. The van der Waals surface area contributed by atoms with Crippen LogP contribution >= 0.6 is 11.3 Å². The summed E-state index contributed by atoms with van der Waals surface area (Å²) in [5.41, 5.74) is 7.94. The molecule has 0 saturated heterocycles. The molecule has 0 aliphatic carbocycles. The summed E-state index contributed by atoms with van der Waals surface area (Å²) in [6.45, 7) is 0. The lowest BCUT2D eigenvalue weighted by molar-refractivity contribution is 0.102. The van der Waals surface area contributed by atoms with Crippen LogP contribution in [-0.4, -0.2) is 10.9 Å². The largest absolute Gasteiger partial charge is 0.399 e. The molecule has 3 aromatic rings. The van der Waals surface area contributed by atoms with Crippen molar-refractivity contribution >= 4 is 28.1 Å². The topological polar surface area (TPSA) is 68.0 Å². The number of amides is 1. The van der Waals surface area contributed by atoms with Crippen LogP contribution in [0.3, 0.4) is 0 Å². The van der Waals surface area contributed by atoms with Crippen molar-refractivity contribution in [2.45, 2.75) is 0 Å². The van der Waals surface area contributed by atoms with Gasteiger partial charge in [-0.1, -0.05) is 24.3 Å². The fourth-order valence-electron chi connectivity index (χ4n) is 1.93. The Kier molecular flexibility index (Phi) is 3.84. The maximum Gasteiger partial charge on any atom is 0.260 e. The van der Waals surface area contributed by atoms with Crippen molar-refractivity contribution < 1.29 is 9.18 Å². The zero-order valence-corrected chi connectivity index (χ0v) is 12.2. The molecule has 0 atom stereocenters. The molecule has 0 aliphatic rings. The van der Waals surface area contributed by atoms with Gasteiger partial charge in [0.2, 0.25) is 0 Å². The second kappa shape index (κ2) is 5.95. The maximum atomic E-state index is 13.6. The Balaban J connectivity index is 1.78. The lowest BCUT2D eigenvalue weighted by Gasteiger charge is -2.02. The molecule has 1 amide bonds. The first-order valence-electron chi connectivity index (χ1n) is 6.51. The van der Waals surface area contributed by atoms with Gasteiger partial charge in [-0.05, 0) is 24.3 Å². The molecular weight excluding hydrogens is 301 g/mol. The Labute approximate surface area is 130 Å². The number of nitrogens with one attached hydrogen (secondary N) is 1. The summed E-state index contributed by atoms with van der Waals surface area (Å²) >= 11 is 1.28. The third kappa shape index (κ3) is 2.96. The van der Waals surface area contributed by atoms with Crippen LogP contribution in [-0.2, 0) is 0 Å². The first-order valence-corrected chi connectivity index (χ1v) is 7.39. The average Bonchev–Trinajstić information content (AvgIpc) is 2.97. The number of nitrogens with zero attached hydrogens (tertiary/aromatic N) is 1. The standard InChI is InChI=1S/C16H12FN3OS/c17-13-4-2-1-3-12(13)15(21)20-16-19-14(9-22-16)10-5-7-11(18)8-6-10/h1-9H,18H2,(H,19,20,21). The van der Waals surface area contributed by atoms with Gasteiger partial charge in [0.25, 0.3) is 5.91 Å². The second-order valence-electron chi connectivity index (χ2n) is 4.59. The fourth-order valence-corrected chi connectivity index (χ4v) is 2.64. The van der Waals surface area contributed by atoms with Crippen LogP contribution in [0.2, 0.25) is 0 Å². The quantitative estimate of drug-likeness (QED) is 0.723. The highest BCUT2D eigenvalue weighted by atomic mass is 32.1. The van der Waals surface area contributed by atoms with Gasteiger partial charge in [0.1, 0.15) is 5.82 Å². The molecule has 6 heteroatoms. The van der Waals surface area contributed by atoms with Crippen molar-refractivity contribution in [3.8, 4) is 11.3 Å². The monoisotopic (exact) mass is 313 g/mol. The minimum absolute atomic E-state index is 0.00765. The molecule has 0 radical (unpaired) electrons. The summed E-state index contributed by atoms with van der Waals surface area (Å²) in [4.78, 5) is 16.4. The smallest absolute Gasteiger partial charge is 0.260 e. The summed E-state index contributed by atoms with van der Waals surface area (Å²) < 4.78 is 13.6. The van der Waals surface area contributed by atoms with E-state index in [1.807, 2.05) is 17.5 Å². The van der Waals surface area contributed by atoms with Crippen LogP contribution in [0.4, 0.5) is 15.2 Å². The maximum absolute atomic E-state index is 13.6.